The lowest BCUT2D eigenvalue weighted by atomic mass is 10.1. The summed E-state index contributed by atoms with van der Waals surface area (Å²) in [6.45, 7) is 13.6. The number of methoxy groups -OCH3 is 1. The van der Waals surface area contributed by atoms with Crippen LogP contribution in [0.5, 0.6) is 11.5 Å². The molecule has 32 heavy (non-hydrogen) atoms. The van der Waals surface area contributed by atoms with Gasteiger partial charge in [-0.3, -0.25) is 4.79 Å². The second-order valence-corrected chi connectivity index (χ2v) is 8.63. The lowest BCUT2D eigenvalue weighted by Crippen LogP contribution is -2.23. The van der Waals surface area contributed by atoms with Crippen LogP contribution in [0, 0.1) is 0 Å². The van der Waals surface area contributed by atoms with Gasteiger partial charge in [-0.1, -0.05) is 40.5 Å². The van der Waals surface area contributed by atoms with Crippen LogP contribution in [-0.4, -0.2) is 26.2 Å². The minimum atomic E-state index is -0.126. The van der Waals surface area contributed by atoms with Crippen LogP contribution in [0.1, 0.15) is 77.6 Å². The second-order valence-electron chi connectivity index (χ2n) is 8.63. The summed E-state index contributed by atoms with van der Waals surface area (Å²) in [5, 5.41) is 2.96. The van der Waals surface area contributed by atoms with Gasteiger partial charge in [0.15, 0.2) is 11.5 Å². The van der Waals surface area contributed by atoms with Crippen molar-refractivity contribution in [3.8, 4) is 11.5 Å². The van der Waals surface area contributed by atoms with Crippen LogP contribution < -0.4 is 14.8 Å². The minimum absolute atomic E-state index is 0.126. The van der Waals surface area contributed by atoms with E-state index in [4.69, 9.17) is 9.47 Å². The van der Waals surface area contributed by atoms with Gasteiger partial charge in [-0.25, -0.2) is 0 Å². The Labute approximate surface area is 195 Å². The number of benzene rings is 1. The Balaban J connectivity index is 2.65. The summed E-state index contributed by atoms with van der Waals surface area (Å²) >= 11 is 0. The molecule has 1 N–H and O–H groups in total. The molecule has 0 saturated heterocycles. The van der Waals surface area contributed by atoms with Crippen molar-refractivity contribution in [1.82, 2.24) is 5.32 Å². The van der Waals surface area contributed by atoms with E-state index in [1.54, 1.807) is 25.3 Å². The zero-order chi connectivity index (χ0) is 23.9. The third-order valence-electron chi connectivity index (χ3n) is 4.99. The highest BCUT2D eigenvalue weighted by molar-refractivity contribution is 5.95. The molecule has 1 rings (SSSR count). The zero-order valence-corrected chi connectivity index (χ0v) is 21.0. The fourth-order valence-electron chi connectivity index (χ4n) is 3.01. The van der Waals surface area contributed by atoms with E-state index in [0.29, 0.717) is 30.2 Å². The quantitative estimate of drug-likeness (QED) is 0.331. The van der Waals surface area contributed by atoms with Gasteiger partial charge in [0.1, 0.15) is 6.61 Å². The molecule has 0 unspecified atom stereocenters. The standard InChI is InChI=1S/C28H41NO3/c1-21(2)10-8-12-23(5)16-18-29-28(30)25-14-15-26(31-7)27(20-25)32-19-17-24(6)13-9-11-22(3)4/h10-11,14-17,20H,8-9,12-13,18-19H2,1-7H3,(H,29,30)/b23-16+,24-17+. The number of allylic oxidation sites excluding steroid dienone is 6. The maximum atomic E-state index is 12.6. The predicted octanol–water partition coefficient (Wildman–Crippen LogP) is 7.19. The number of carbonyl (C=O) groups excluding carboxylic acids is 1. The van der Waals surface area contributed by atoms with E-state index >= 15 is 0 Å². The minimum Gasteiger partial charge on any atom is -0.493 e. The Morgan fingerprint density at radius 2 is 1.44 bits per heavy atom. The Morgan fingerprint density at radius 1 is 0.844 bits per heavy atom. The van der Waals surface area contributed by atoms with E-state index in [2.05, 4.69) is 71.2 Å². The number of hydrogen-bond donors (Lipinski definition) is 1. The van der Waals surface area contributed by atoms with Gasteiger partial charge in [0.25, 0.3) is 5.91 Å². The molecule has 4 nitrogen and oxygen atoms in total. The highest BCUT2D eigenvalue weighted by Gasteiger charge is 2.10. The van der Waals surface area contributed by atoms with E-state index in [1.807, 2.05) is 0 Å². The van der Waals surface area contributed by atoms with Crippen LogP contribution in [0.15, 0.2) is 64.8 Å². The van der Waals surface area contributed by atoms with Crippen LogP contribution in [0.2, 0.25) is 0 Å². The van der Waals surface area contributed by atoms with Crippen molar-refractivity contribution >= 4 is 5.91 Å². The Bertz CT molecular complexity index is 851. The van der Waals surface area contributed by atoms with Crippen LogP contribution in [0.4, 0.5) is 0 Å². The van der Waals surface area contributed by atoms with Crippen LogP contribution in [-0.2, 0) is 0 Å². The molecule has 0 aromatic heterocycles. The molecular weight excluding hydrogens is 398 g/mol. The first-order valence-electron chi connectivity index (χ1n) is 11.4. The van der Waals surface area contributed by atoms with Gasteiger partial charge in [0.05, 0.1) is 7.11 Å². The summed E-state index contributed by atoms with van der Waals surface area (Å²) in [6, 6.07) is 5.27. The summed E-state index contributed by atoms with van der Waals surface area (Å²) in [6.07, 6.45) is 12.7. The maximum absolute atomic E-state index is 12.6. The lowest BCUT2D eigenvalue weighted by Gasteiger charge is -2.12. The Morgan fingerprint density at radius 3 is 2.00 bits per heavy atom. The average Bonchev–Trinajstić information content (AvgIpc) is 2.73. The molecule has 0 bridgehead atoms. The molecule has 0 aliphatic rings. The Kier molecular flexibility index (Phi) is 12.9. The predicted molar refractivity (Wildman–Crippen MR) is 136 cm³/mol. The van der Waals surface area contributed by atoms with Crippen LogP contribution in [0.25, 0.3) is 0 Å². The van der Waals surface area contributed by atoms with E-state index in [-0.39, 0.29) is 5.91 Å². The second kappa shape index (κ2) is 15.1. The molecule has 4 heteroatoms. The molecule has 0 aliphatic carbocycles. The van der Waals surface area contributed by atoms with Crippen LogP contribution in [0.3, 0.4) is 0 Å². The van der Waals surface area contributed by atoms with Gasteiger partial charge in [-0.2, -0.15) is 0 Å². The number of amides is 1. The van der Waals surface area contributed by atoms with Crippen LogP contribution >= 0.6 is 0 Å². The normalized spacial score (nSPS) is 11.6. The average molecular weight is 440 g/mol. The molecule has 0 fully saturated rings. The molecule has 0 spiro atoms. The number of rotatable bonds is 13. The third-order valence-corrected chi connectivity index (χ3v) is 4.99. The summed E-state index contributed by atoms with van der Waals surface area (Å²) in [4.78, 5) is 12.6. The van der Waals surface area contributed by atoms with E-state index < -0.39 is 0 Å². The van der Waals surface area contributed by atoms with Gasteiger partial charge >= 0.3 is 0 Å². The lowest BCUT2D eigenvalue weighted by molar-refractivity contribution is 0.0957. The number of ether oxygens (including phenoxy) is 2. The first-order valence-corrected chi connectivity index (χ1v) is 11.4. The van der Waals surface area contributed by atoms with E-state index in [0.717, 1.165) is 25.7 Å². The number of hydrogen-bond acceptors (Lipinski definition) is 3. The summed E-state index contributed by atoms with van der Waals surface area (Å²) in [5.74, 6) is 1.06. The maximum Gasteiger partial charge on any atom is 0.251 e. The molecule has 1 aromatic carbocycles. The first-order chi connectivity index (χ1) is 15.2. The van der Waals surface area contributed by atoms with Crippen molar-refractivity contribution < 1.29 is 14.3 Å². The molecule has 0 saturated carbocycles. The highest BCUT2D eigenvalue weighted by Crippen LogP contribution is 2.28. The van der Waals surface area contributed by atoms with Gasteiger partial charge < -0.3 is 14.8 Å². The molecule has 1 amide bonds. The van der Waals surface area contributed by atoms with Gasteiger partial charge in [0, 0.05) is 12.1 Å². The molecule has 176 valence electrons. The number of nitrogens with one attached hydrogen (secondary N) is 1. The Hall–Kier alpha value is -2.75. The van der Waals surface area contributed by atoms with Crippen molar-refractivity contribution in [3.63, 3.8) is 0 Å². The first kappa shape index (κ1) is 27.3. The molecule has 0 heterocycles. The molecule has 0 aliphatic heterocycles. The number of carbonyl (C=O) groups is 1. The highest BCUT2D eigenvalue weighted by atomic mass is 16.5. The van der Waals surface area contributed by atoms with Crippen molar-refractivity contribution in [2.45, 2.75) is 67.2 Å². The van der Waals surface area contributed by atoms with Gasteiger partial charge in [-0.15, -0.1) is 0 Å². The fourth-order valence-corrected chi connectivity index (χ4v) is 3.01. The molecular formula is C28H41NO3. The van der Waals surface area contributed by atoms with Crippen molar-refractivity contribution in [1.29, 1.82) is 0 Å². The molecule has 0 atom stereocenters. The summed E-state index contributed by atoms with van der Waals surface area (Å²) in [7, 11) is 1.60. The van der Waals surface area contributed by atoms with E-state index in [9.17, 15) is 4.79 Å². The monoisotopic (exact) mass is 439 g/mol. The van der Waals surface area contributed by atoms with Crippen molar-refractivity contribution in [2.24, 2.45) is 0 Å². The van der Waals surface area contributed by atoms with Gasteiger partial charge in [-0.05, 0) is 91.5 Å². The largest absolute Gasteiger partial charge is 0.493 e. The van der Waals surface area contributed by atoms with E-state index in [1.165, 1.54) is 22.3 Å². The van der Waals surface area contributed by atoms with Gasteiger partial charge in [0.2, 0.25) is 0 Å². The van der Waals surface area contributed by atoms with Crippen molar-refractivity contribution in [3.05, 3.63) is 70.4 Å². The summed E-state index contributed by atoms with van der Waals surface area (Å²) < 4.78 is 11.3. The summed E-state index contributed by atoms with van der Waals surface area (Å²) in [5.41, 5.74) is 5.78. The van der Waals surface area contributed by atoms with Crippen molar-refractivity contribution in [2.75, 3.05) is 20.3 Å². The smallest absolute Gasteiger partial charge is 0.251 e. The molecule has 0 radical (unpaired) electrons. The zero-order valence-electron chi connectivity index (χ0n) is 21.0. The molecule has 1 aromatic rings. The third kappa shape index (κ3) is 11.6. The topological polar surface area (TPSA) is 47.6 Å². The fraction of sp³-hybridized carbons (Fsp3) is 0.464. The SMILES string of the molecule is COc1ccc(C(=O)NC/C=C(\C)CCC=C(C)C)cc1OC/C=C(\C)CCC=C(C)C.